The Kier molecular flexibility index (Phi) is 7.68. The fourth-order valence-electron chi connectivity index (χ4n) is 2.64. The predicted octanol–water partition coefficient (Wildman–Crippen LogP) is 4.52. The van der Waals surface area contributed by atoms with Gasteiger partial charge in [0.2, 0.25) is 0 Å². The Hall–Kier alpha value is -1.47. The van der Waals surface area contributed by atoms with Gasteiger partial charge < -0.3 is 20.5 Å². The fraction of sp³-hybridized carbons (Fsp3) is 0.200. The summed E-state index contributed by atoms with van der Waals surface area (Å²) in [7, 11) is 0. The molecular formula is C20H18I2N2O4S. The first-order valence-corrected chi connectivity index (χ1v) is 11.8. The van der Waals surface area contributed by atoms with Gasteiger partial charge in [-0.15, -0.1) is 0 Å². The average Bonchev–Trinajstić information content (AvgIpc) is 3.00. The number of benzene rings is 2. The van der Waals surface area contributed by atoms with Crippen molar-refractivity contribution in [3.05, 3.63) is 59.6 Å². The molecule has 1 heterocycles. The van der Waals surface area contributed by atoms with Crippen molar-refractivity contribution >= 4 is 80.6 Å². The largest absolute Gasteiger partial charge is 0.480 e. The van der Waals surface area contributed by atoms with Crippen LogP contribution in [-0.4, -0.2) is 29.1 Å². The van der Waals surface area contributed by atoms with Gasteiger partial charge in [-0.1, -0.05) is 30.8 Å². The van der Waals surface area contributed by atoms with Gasteiger partial charge in [0, 0.05) is 5.69 Å². The highest BCUT2D eigenvalue weighted by Crippen LogP contribution is 2.33. The number of aryl methyl sites for hydroxylation is 1. The molecule has 3 rings (SSSR count). The third-order valence-corrected chi connectivity index (χ3v) is 6.68. The monoisotopic (exact) mass is 636 g/mol. The van der Waals surface area contributed by atoms with Crippen molar-refractivity contribution in [1.82, 2.24) is 5.32 Å². The van der Waals surface area contributed by atoms with Gasteiger partial charge in [-0.3, -0.25) is 4.79 Å². The first kappa shape index (κ1) is 22.2. The molecule has 1 saturated heterocycles. The zero-order valence-electron chi connectivity index (χ0n) is 15.4. The van der Waals surface area contributed by atoms with Crippen LogP contribution in [-0.2, 0) is 16.0 Å². The molecule has 1 amide bonds. The minimum atomic E-state index is -1.02. The Balaban J connectivity index is 1.71. The lowest BCUT2D eigenvalue weighted by Crippen LogP contribution is -2.30. The van der Waals surface area contributed by atoms with Crippen LogP contribution in [0.3, 0.4) is 0 Å². The highest BCUT2D eigenvalue weighted by Gasteiger charge is 2.27. The van der Waals surface area contributed by atoms with Crippen LogP contribution in [0, 0.1) is 7.14 Å². The number of ether oxygens (including phenoxy) is 1. The number of hydrogen-bond donors (Lipinski definition) is 3. The molecule has 9 heteroatoms. The van der Waals surface area contributed by atoms with Gasteiger partial charge in [0.15, 0.2) is 12.1 Å². The Morgan fingerprint density at radius 1 is 1.28 bits per heavy atom. The molecule has 0 saturated carbocycles. The van der Waals surface area contributed by atoms with E-state index in [-0.39, 0.29) is 11.4 Å². The van der Waals surface area contributed by atoms with Gasteiger partial charge >= 0.3 is 5.97 Å². The summed E-state index contributed by atoms with van der Waals surface area (Å²) in [6, 6.07) is 11.9. The maximum absolute atomic E-state index is 12.4. The fourth-order valence-corrected chi connectivity index (χ4v) is 5.75. The molecule has 1 aliphatic heterocycles. The molecule has 3 N–H and O–H groups in total. The summed E-state index contributed by atoms with van der Waals surface area (Å²) >= 11 is 5.63. The van der Waals surface area contributed by atoms with E-state index in [0.29, 0.717) is 10.7 Å². The maximum Gasteiger partial charge on any atom is 0.341 e. The van der Waals surface area contributed by atoms with Crippen LogP contribution < -0.4 is 15.4 Å². The lowest BCUT2D eigenvalue weighted by Gasteiger charge is -2.13. The van der Waals surface area contributed by atoms with Crippen molar-refractivity contribution in [2.45, 2.75) is 18.8 Å². The van der Waals surface area contributed by atoms with Crippen molar-refractivity contribution < 1.29 is 19.4 Å². The third-order valence-electron chi connectivity index (χ3n) is 4.05. The van der Waals surface area contributed by atoms with Crippen LogP contribution in [0.1, 0.15) is 18.1 Å². The molecule has 0 bridgehead atoms. The molecule has 2 aromatic carbocycles. The molecule has 2 aromatic rings. The van der Waals surface area contributed by atoms with Crippen molar-refractivity contribution in [3.8, 4) is 5.75 Å². The Labute approximate surface area is 200 Å². The van der Waals surface area contributed by atoms with Gasteiger partial charge in [0.05, 0.1) is 12.0 Å². The molecule has 1 fully saturated rings. The summed E-state index contributed by atoms with van der Waals surface area (Å²) in [4.78, 5) is 23.7. The topological polar surface area (TPSA) is 87.7 Å². The molecule has 0 aromatic heterocycles. The molecule has 0 aliphatic carbocycles. The van der Waals surface area contributed by atoms with E-state index in [1.54, 1.807) is 0 Å². The Morgan fingerprint density at radius 2 is 1.93 bits per heavy atom. The summed E-state index contributed by atoms with van der Waals surface area (Å²) in [5, 5.41) is 15.0. The highest BCUT2D eigenvalue weighted by molar-refractivity contribution is 14.1. The van der Waals surface area contributed by atoms with Gasteiger partial charge in [0.1, 0.15) is 5.75 Å². The van der Waals surface area contributed by atoms with Gasteiger partial charge in [-0.2, -0.15) is 0 Å². The van der Waals surface area contributed by atoms with E-state index >= 15 is 0 Å². The van der Waals surface area contributed by atoms with Crippen molar-refractivity contribution in [1.29, 1.82) is 0 Å². The number of carboxylic acids is 1. The first-order chi connectivity index (χ1) is 13.9. The molecule has 1 aliphatic rings. The normalized spacial score (nSPS) is 17.3. The predicted molar refractivity (Wildman–Crippen MR) is 132 cm³/mol. The van der Waals surface area contributed by atoms with E-state index in [4.69, 9.17) is 9.84 Å². The zero-order chi connectivity index (χ0) is 21.0. The van der Waals surface area contributed by atoms with E-state index in [9.17, 15) is 9.59 Å². The molecule has 6 nitrogen and oxygen atoms in total. The standard InChI is InChI=1S/C20H18I2N2O4S/c1-2-11-3-5-13(6-4-11)23-20-24-19(27)16(29-20)9-12-7-14(21)18(15(22)8-12)28-10-17(25)26/h3-9,20,23H,2,10H2,1H3,(H,24,27)(H,25,26)/b16-9-/t20-/m0/s1. The minimum absolute atomic E-state index is 0.131. The summed E-state index contributed by atoms with van der Waals surface area (Å²) in [6.07, 6.45) is 2.81. The number of hydrogen-bond acceptors (Lipinski definition) is 5. The van der Waals surface area contributed by atoms with Crippen molar-refractivity contribution in [2.75, 3.05) is 11.9 Å². The number of nitrogens with one attached hydrogen (secondary N) is 2. The molecule has 0 unspecified atom stereocenters. The van der Waals surface area contributed by atoms with E-state index < -0.39 is 12.6 Å². The van der Waals surface area contributed by atoms with Crippen LogP contribution in [0.25, 0.3) is 6.08 Å². The lowest BCUT2D eigenvalue weighted by atomic mass is 10.1. The smallest absolute Gasteiger partial charge is 0.341 e. The average molecular weight is 636 g/mol. The minimum Gasteiger partial charge on any atom is -0.480 e. The second kappa shape index (κ2) is 10.0. The second-order valence-electron chi connectivity index (χ2n) is 6.17. The number of aliphatic carboxylic acids is 1. The van der Waals surface area contributed by atoms with Gasteiger partial charge in [-0.25, -0.2) is 4.79 Å². The molecule has 29 heavy (non-hydrogen) atoms. The summed E-state index contributed by atoms with van der Waals surface area (Å²) in [6.45, 7) is 1.72. The SMILES string of the molecule is CCc1ccc(N[C@H]2NC(=O)/C(=C/c3cc(I)c(OCC(=O)O)c(I)c3)S2)cc1. The number of rotatable bonds is 7. The van der Waals surface area contributed by atoms with Crippen LogP contribution in [0.5, 0.6) is 5.75 Å². The quantitative estimate of drug-likeness (QED) is 0.306. The van der Waals surface area contributed by atoms with Crippen LogP contribution in [0.15, 0.2) is 41.3 Å². The van der Waals surface area contributed by atoms with Crippen LogP contribution >= 0.6 is 56.9 Å². The van der Waals surface area contributed by atoms with Crippen LogP contribution in [0.2, 0.25) is 0 Å². The number of amides is 1. The number of carbonyl (C=O) groups is 2. The molecule has 0 radical (unpaired) electrons. The number of carbonyl (C=O) groups excluding carboxylic acids is 1. The van der Waals surface area contributed by atoms with Gasteiger partial charge in [0.25, 0.3) is 5.91 Å². The summed E-state index contributed by atoms with van der Waals surface area (Å²) in [5.41, 5.74) is 2.83. The van der Waals surface area contributed by atoms with E-state index in [0.717, 1.165) is 24.8 Å². The van der Waals surface area contributed by atoms with Crippen molar-refractivity contribution in [2.24, 2.45) is 0 Å². The van der Waals surface area contributed by atoms with Crippen LogP contribution in [0.4, 0.5) is 5.69 Å². The first-order valence-electron chi connectivity index (χ1n) is 8.74. The molecule has 0 spiro atoms. The summed E-state index contributed by atoms with van der Waals surface area (Å²) < 4.78 is 6.92. The number of carboxylic acid groups (broad SMARTS) is 1. The van der Waals surface area contributed by atoms with Crippen molar-refractivity contribution in [3.63, 3.8) is 0 Å². The van der Waals surface area contributed by atoms with E-state index in [1.807, 2.05) is 30.3 Å². The zero-order valence-corrected chi connectivity index (χ0v) is 20.5. The summed E-state index contributed by atoms with van der Waals surface area (Å²) in [5.74, 6) is -0.618. The number of halogens is 2. The molecule has 152 valence electrons. The maximum atomic E-state index is 12.4. The second-order valence-corrected chi connectivity index (χ2v) is 9.64. The number of thioether (sulfide) groups is 1. The lowest BCUT2D eigenvalue weighted by molar-refractivity contribution is -0.139. The third kappa shape index (κ3) is 6.01. The number of anilines is 1. The Morgan fingerprint density at radius 3 is 2.52 bits per heavy atom. The highest BCUT2D eigenvalue weighted by atomic mass is 127. The van der Waals surface area contributed by atoms with E-state index in [2.05, 4.69) is 74.9 Å². The van der Waals surface area contributed by atoms with Gasteiger partial charge in [-0.05, 0) is 93.1 Å². The Bertz CT molecular complexity index is 940. The molecular weight excluding hydrogens is 618 g/mol. The molecule has 1 atom stereocenters. The van der Waals surface area contributed by atoms with E-state index in [1.165, 1.54) is 17.3 Å².